The highest BCUT2D eigenvalue weighted by Gasteiger charge is 2.34. The second-order valence-corrected chi connectivity index (χ2v) is 9.57. The van der Waals surface area contributed by atoms with Gasteiger partial charge in [0.1, 0.15) is 34.2 Å². The van der Waals surface area contributed by atoms with E-state index in [0.717, 1.165) is 26.8 Å². The van der Waals surface area contributed by atoms with Crippen LogP contribution in [0.25, 0.3) is 22.6 Å². The molecule has 1 aliphatic rings. The molecular formula is C31H17N5OS. The van der Waals surface area contributed by atoms with E-state index in [4.69, 9.17) is 0 Å². The number of carbonyl (C=O) groups is 1. The molecule has 6 nitrogen and oxygen atoms in total. The number of hydrogen-bond donors (Lipinski definition) is 0. The molecule has 0 spiro atoms. The molecule has 1 aliphatic carbocycles. The van der Waals surface area contributed by atoms with Crippen molar-refractivity contribution in [2.24, 2.45) is 0 Å². The number of Topliss-reactive ketones (excluding diaryl/α,β-unsaturated/α-hetero) is 1. The number of rotatable bonds is 4. The highest BCUT2D eigenvalue weighted by Crippen LogP contribution is 2.43. The Morgan fingerprint density at radius 3 is 2.42 bits per heavy atom. The average molecular weight is 508 g/mol. The summed E-state index contributed by atoms with van der Waals surface area (Å²) in [7, 11) is 0. The number of para-hydroxylation sites is 2. The van der Waals surface area contributed by atoms with Gasteiger partial charge in [-0.05, 0) is 54.6 Å². The van der Waals surface area contributed by atoms with Crippen molar-refractivity contribution in [1.82, 2.24) is 9.97 Å². The topological polar surface area (TPSA) is 93.7 Å². The number of carbonyl (C=O) groups excluding carboxylic acids is 1. The molecule has 0 fully saturated rings. The summed E-state index contributed by atoms with van der Waals surface area (Å²) in [4.78, 5) is 25.5. The van der Waals surface area contributed by atoms with E-state index in [1.807, 2.05) is 108 Å². The summed E-state index contributed by atoms with van der Waals surface area (Å²) in [6.07, 6.45) is 3.49. The van der Waals surface area contributed by atoms with E-state index in [1.165, 1.54) is 11.3 Å². The zero-order chi connectivity index (χ0) is 26.1. The molecule has 38 heavy (non-hydrogen) atoms. The van der Waals surface area contributed by atoms with Crippen LogP contribution in [0.3, 0.4) is 0 Å². The zero-order valence-corrected chi connectivity index (χ0v) is 20.7. The lowest BCUT2D eigenvalue weighted by Gasteiger charge is -2.22. The fourth-order valence-electron chi connectivity index (χ4n) is 4.53. The van der Waals surface area contributed by atoms with Crippen LogP contribution in [0.2, 0.25) is 0 Å². The van der Waals surface area contributed by atoms with Gasteiger partial charge < -0.3 is 0 Å². The minimum absolute atomic E-state index is 0.114. The quantitative estimate of drug-likeness (QED) is 0.188. The summed E-state index contributed by atoms with van der Waals surface area (Å²) in [5, 5.41) is 21.2. The van der Waals surface area contributed by atoms with Crippen molar-refractivity contribution in [3.8, 4) is 12.1 Å². The summed E-state index contributed by atoms with van der Waals surface area (Å²) >= 11 is 1.48. The Morgan fingerprint density at radius 2 is 1.66 bits per heavy atom. The highest BCUT2D eigenvalue weighted by atomic mass is 32.1. The van der Waals surface area contributed by atoms with Crippen molar-refractivity contribution < 1.29 is 4.79 Å². The first-order valence-electron chi connectivity index (χ1n) is 11.8. The number of aromatic nitrogens is 2. The molecule has 0 bridgehead atoms. The van der Waals surface area contributed by atoms with Crippen molar-refractivity contribution in [3.63, 3.8) is 0 Å². The molecule has 7 heteroatoms. The predicted molar refractivity (Wildman–Crippen MR) is 149 cm³/mol. The Kier molecular flexibility index (Phi) is 5.82. The van der Waals surface area contributed by atoms with E-state index in [2.05, 4.69) is 9.97 Å². The van der Waals surface area contributed by atoms with Crippen LogP contribution in [0, 0.1) is 22.7 Å². The number of allylic oxidation sites excluding steroid dienone is 3. The van der Waals surface area contributed by atoms with Crippen LogP contribution in [0.15, 0.2) is 108 Å². The molecule has 0 saturated heterocycles. The van der Waals surface area contributed by atoms with Crippen LogP contribution in [0.4, 0.5) is 16.5 Å². The van der Waals surface area contributed by atoms with Crippen LogP contribution < -0.4 is 4.90 Å². The number of ketones is 1. The molecule has 6 rings (SSSR count). The second-order valence-electron chi connectivity index (χ2n) is 8.47. The first-order valence-corrected chi connectivity index (χ1v) is 12.6. The Morgan fingerprint density at radius 1 is 0.895 bits per heavy atom. The fourth-order valence-corrected chi connectivity index (χ4v) is 5.51. The number of thiophene rings is 1. The monoisotopic (exact) mass is 507 g/mol. The number of nitrogens with zero attached hydrogens (tertiary/aromatic N) is 5. The maximum Gasteiger partial charge on any atom is 0.212 e. The van der Waals surface area contributed by atoms with Gasteiger partial charge in [-0.15, -0.1) is 11.3 Å². The molecular weight excluding hydrogens is 490 g/mol. The molecule has 0 saturated carbocycles. The van der Waals surface area contributed by atoms with Gasteiger partial charge in [-0.1, -0.05) is 42.5 Å². The molecule has 0 amide bonds. The van der Waals surface area contributed by atoms with Crippen LogP contribution in [0.1, 0.15) is 20.9 Å². The Bertz CT molecular complexity index is 1800. The average Bonchev–Trinajstić information content (AvgIpc) is 3.52. The first-order chi connectivity index (χ1) is 18.7. The van der Waals surface area contributed by atoms with Crippen LogP contribution >= 0.6 is 11.3 Å². The van der Waals surface area contributed by atoms with Gasteiger partial charge in [0.25, 0.3) is 0 Å². The normalized spacial score (nSPS) is 13.3. The molecule has 178 valence electrons. The predicted octanol–water partition coefficient (Wildman–Crippen LogP) is 7.24. The Hall–Kier alpha value is -5.37. The van der Waals surface area contributed by atoms with Crippen LogP contribution in [-0.2, 0) is 0 Å². The van der Waals surface area contributed by atoms with Gasteiger partial charge in [0.05, 0.1) is 5.52 Å². The SMILES string of the molecule is N#CC(C#N)=C1/C(=C\c2ccc(N(c3ccccc3)c3ccccn3)s2)C(=O)c2nc3ccccc3cc21. The van der Waals surface area contributed by atoms with Crippen molar-refractivity contribution >= 4 is 56.2 Å². The molecule has 0 N–H and O–H groups in total. The van der Waals surface area contributed by atoms with E-state index >= 15 is 0 Å². The van der Waals surface area contributed by atoms with E-state index in [9.17, 15) is 15.3 Å². The van der Waals surface area contributed by atoms with Gasteiger partial charge in [-0.25, -0.2) is 9.97 Å². The lowest BCUT2D eigenvalue weighted by Crippen LogP contribution is -2.09. The largest absolute Gasteiger partial charge is 0.287 e. The molecule has 5 aromatic rings. The lowest BCUT2D eigenvalue weighted by atomic mass is 9.99. The number of pyridine rings is 2. The van der Waals surface area contributed by atoms with Crippen molar-refractivity contribution in [2.75, 3.05) is 4.90 Å². The Labute approximate surface area is 222 Å². The minimum Gasteiger partial charge on any atom is -0.287 e. The summed E-state index contributed by atoms with van der Waals surface area (Å²) < 4.78 is 0. The maximum absolute atomic E-state index is 13.6. The lowest BCUT2D eigenvalue weighted by molar-refractivity contribution is 0.104. The maximum atomic E-state index is 13.6. The number of benzene rings is 2. The number of fused-ring (bicyclic) bond motifs is 2. The van der Waals surface area contributed by atoms with Crippen molar-refractivity contribution in [3.05, 3.63) is 124 Å². The molecule has 0 radical (unpaired) electrons. The highest BCUT2D eigenvalue weighted by molar-refractivity contribution is 7.17. The van der Waals surface area contributed by atoms with Crippen LogP contribution in [0.5, 0.6) is 0 Å². The molecule has 3 aromatic heterocycles. The summed E-state index contributed by atoms with van der Waals surface area (Å²) in [5.41, 5.74) is 2.90. The standard InChI is InChI=1S/C31H17N5OS/c32-18-21(19-33)29-24-16-20-8-4-5-11-26(20)35-30(24)31(37)25(29)17-23-13-14-28(38-23)36(22-9-2-1-3-10-22)27-12-6-7-15-34-27/h1-17H/b25-17+. The van der Waals surface area contributed by atoms with E-state index in [-0.39, 0.29) is 17.1 Å². The van der Waals surface area contributed by atoms with Gasteiger partial charge in [0, 0.05) is 38.9 Å². The van der Waals surface area contributed by atoms with E-state index in [1.54, 1.807) is 12.3 Å². The summed E-state index contributed by atoms with van der Waals surface area (Å²) in [5.74, 6) is 0.458. The van der Waals surface area contributed by atoms with Gasteiger partial charge in [-0.2, -0.15) is 10.5 Å². The third-order valence-electron chi connectivity index (χ3n) is 6.21. The Balaban J connectivity index is 1.49. The molecule has 0 atom stereocenters. The van der Waals surface area contributed by atoms with Gasteiger partial charge in [-0.3, -0.25) is 9.69 Å². The summed E-state index contributed by atoms with van der Waals surface area (Å²) in [6, 6.07) is 32.8. The fraction of sp³-hybridized carbons (Fsp3) is 0. The number of hydrogen-bond acceptors (Lipinski definition) is 7. The first kappa shape index (κ1) is 23.1. The van der Waals surface area contributed by atoms with Gasteiger partial charge >= 0.3 is 0 Å². The molecule has 2 aromatic carbocycles. The van der Waals surface area contributed by atoms with E-state index in [0.29, 0.717) is 22.2 Å². The van der Waals surface area contributed by atoms with Crippen molar-refractivity contribution in [1.29, 1.82) is 10.5 Å². The van der Waals surface area contributed by atoms with Gasteiger partial charge in [0.15, 0.2) is 0 Å². The number of anilines is 3. The van der Waals surface area contributed by atoms with E-state index < -0.39 is 0 Å². The molecule has 3 heterocycles. The van der Waals surface area contributed by atoms with Crippen molar-refractivity contribution in [2.45, 2.75) is 0 Å². The molecule has 0 unspecified atom stereocenters. The number of nitriles is 2. The van der Waals surface area contributed by atoms with Gasteiger partial charge in [0.2, 0.25) is 5.78 Å². The second kappa shape index (κ2) is 9.59. The minimum atomic E-state index is -0.302. The third kappa shape index (κ3) is 3.94. The van der Waals surface area contributed by atoms with Crippen LogP contribution in [-0.4, -0.2) is 15.8 Å². The zero-order valence-electron chi connectivity index (χ0n) is 19.9. The summed E-state index contributed by atoms with van der Waals surface area (Å²) in [6.45, 7) is 0. The smallest absolute Gasteiger partial charge is 0.212 e. The third-order valence-corrected chi connectivity index (χ3v) is 7.23. The molecule has 0 aliphatic heterocycles.